The highest BCUT2D eigenvalue weighted by Gasteiger charge is 2.15. The molecule has 0 unspecified atom stereocenters. The molecule has 4 rings (SSSR count). The summed E-state index contributed by atoms with van der Waals surface area (Å²) in [5, 5.41) is 10.7. The average molecular weight is 477 g/mol. The summed E-state index contributed by atoms with van der Waals surface area (Å²) in [6, 6.07) is 13.0. The molecule has 1 aromatic heterocycles. The second kappa shape index (κ2) is 10.9. The molecule has 1 amide bonds. The van der Waals surface area contributed by atoms with Crippen LogP contribution in [0.5, 0.6) is 11.5 Å². The van der Waals surface area contributed by atoms with E-state index >= 15 is 0 Å². The third kappa shape index (κ3) is 6.11. The van der Waals surface area contributed by atoms with Crippen LogP contribution in [-0.4, -0.2) is 49.0 Å². The first-order valence-corrected chi connectivity index (χ1v) is 11.8. The van der Waals surface area contributed by atoms with Crippen molar-refractivity contribution in [1.82, 2.24) is 15.1 Å². The number of aromatic nitrogens is 2. The Kier molecular flexibility index (Phi) is 7.54. The van der Waals surface area contributed by atoms with E-state index < -0.39 is 0 Å². The van der Waals surface area contributed by atoms with Crippen LogP contribution in [0.15, 0.2) is 53.7 Å². The number of nitrogens with one attached hydrogen (secondary N) is 2. The smallest absolute Gasteiger partial charge is 0.258 e. The van der Waals surface area contributed by atoms with Gasteiger partial charge in [0.05, 0.1) is 12.2 Å². The van der Waals surface area contributed by atoms with Crippen LogP contribution in [0.25, 0.3) is 0 Å². The number of aryl methyl sites for hydroxylation is 2. The maximum absolute atomic E-state index is 13.1. The molecule has 2 N–H and O–H groups in total. The van der Waals surface area contributed by atoms with E-state index in [2.05, 4.69) is 22.7 Å². The van der Waals surface area contributed by atoms with E-state index in [4.69, 9.17) is 14.5 Å². The van der Waals surface area contributed by atoms with Crippen molar-refractivity contribution in [2.24, 2.45) is 4.99 Å². The Morgan fingerprint density at radius 2 is 1.94 bits per heavy atom. The van der Waals surface area contributed by atoms with Crippen LogP contribution < -0.4 is 25.0 Å². The van der Waals surface area contributed by atoms with Crippen molar-refractivity contribution >= 4 is 23.2 Å². The fraction of sp³-hybridized carbons (Fsp3) is 0.346. The zero-order valence-electron chi connectivity index (χ0n) is 20.7. The third-order valence-corrected chi connectivity index (χ3v) is 5.57. The van der Waals surface area contributed by atoms with Gasteiger partial charge in [-0.2, -0.15) is 5.10 Å². The molecular formula is C26H32N6O3. The lowest BCUT2D eigenvalue weighted by molar-refractivity contribution is 0.0977. The van der Waals surface area contributed by atoms with Crippen molar-refractivity contribution in [2.75, 3.05) is 37.5 Å². The van der Waals surface area contributed by atoms with Gasteiger partial charge in [-0.25, -0.2) is 4.99 Å². The monoisotopic (exact) mass is 476 g/mol. The number of carbonyl (C=O) groups excluding carboxylic acids is 1. The number of hydrogen-bond donors (Lipinski definition) is 2. The van der Waals surface area contributed by atoms with Crippen LogP contribution in [0.4, 0.5) is 11.4 Å². The molecule has 0 aliphatic carbocycles. The number of guanidine groups is 1. The Morgan fingerprint density at radius 3 is 2.71 bits per heavy atom. The summed E-state index contributed by atoms with van der Waals surface area (Å²) in [6.07, 6.45) is 3.01. The molecule has 0 fully saturated rings. The Hall–Kier alpha value is -4.01. The van der Waals surface area contributed by atoms with Gasteiger partial charge in [-0.05, 0) is 43.7 Å². The van der Waals surface area contributed by atoms with Gasteiger partial charge in [0.25, 0.3) is 5.91 Å². The second-order valence-electron chi connectivity index (χ2n) is 8.55. The molecule has 9 nitrogen and oxygen atoms in total. The SMILES string of the molecule is CCCn1cc(CN=C(NC(=O)c2cccc(N(C)C)c2)Nc2ccc3c(c2)OCCO3)c(C)n1. The summed E-state index contributed by atoms with van der Waals surface area (Å²) in [6.45, 7) is 6.34. The van der Waals surface area contributed by atoms with E-state index in [-0.39, 0.29) is 5.91 Å². The topological polar surface area (TPSA) is 93.0 Å². The number of hydrogen-bond acceptors (Lipinski definition) is 6. The normalized spacial score (nSPS) is 12.9. The average Bonchev–Trinajstić information content (AvgIpc) is 3.21. The molecule has 9 heteroatoms. The third-order valence-electron chi connectivity index (χ3n) is 5.57. The van der Waals surface area contributed by atoms with Crippen LogP contribution in [0.2, 0.25) is 0 Å². The predicted molar refractivity (Wildman–Crippen MR) is 138 cm³/mol. The van der Waals surface area contributed by atoms with Crippen molar-refractivity contribution in [3.05, 3.63) is 65.5 Å². The molecule has 2 heterocycles. The number of benzene rings is 2. The van der Waals surface area contributed by atoms with E-state index in [1.807, 2.05) is 73.2 Å². The minimum Gasteiger partial charge on any atom is -0.486 e. The molecule has 0 atom stereocenters. The van der Waals surface area contributed by atoms with E-state index in [1.54, 1.807) is 6.07 Å². The molecule has 2 aromatic carbocycles. The quantitative estimate of drug-likeness (QED) is 0.398. The van der Waals surface area contributed by atoms with E-state index in [0.717, 1.165) is 35.6 Å². The van der Waals surface area contributed by atoms with Crippen molar-refractivity contribution in [1.29, 1.82) is 0 Å². The van der Waals surface area contributed by atoms with E-state index in [9.17, 15) is 4.79 Å². The number of amides is 1. The fourth-order valence-corrected chi connectivity index (χ4v) is 3.70. The minimum absolute atomic E-state index is 0.254. The van der Waals surface area contributed by atoms with Gasteiger partial charge in [-0.15, -0.1) is 0 Å². The van der Waals surface area contributed by atoms with Crippen LogP contribution >= 0.6 is 0 Å². The molecule has 1 aliphatic heterocycles. The summed E-state index contributed by atoms with van der Waals surface area (Å²) in [5.41, 5.74) is 4.14. The maximum atomic E-state index is 13.1. The number of ether oxygens (including phenoxy) is 2. The van der Waals surface area contributed by atoms with Gasteiger partial charge >= 0.3 is 0 Å². The predicted octanol–water partition coefficient (Wildman–Crippen LogP) is 3.84. The summed E-state index contributed by atoms with van der Waals surface area (Å²) >= 11 is 0. The first-order chi connectivity index (χ1) is 16.9. The van der Waals surface area contributed by atoms with Crippen LogP contribution in [0.1, 0.15) is 35.0 Å². The number of nitrogens with zero attached hydrogens (tertiary/aromatic N) is 4. The van der Waals surface area contributed by atoms with E-state index in [1.165, 1.54) is 0 Å². The number of aliphatic imine (C=N–C) groups is 1. The van der Waals surface area contributed by atoms with Gasteiger partial charge in [-0.1, -0.05) is 13.0 Å². The lowest BCUT2D eigenvalue weighted by atomic mass is 10.2. The minimum atomic E-state index is -0.254. The number of carbonyl (C=O) groups is 1. The molecule has 0 saturated carbocycles. The van der Waals surface area contributed by atoms with Crippen LogP contribution in [0, 0.1) is 6.92 Å². The van der Waals surface area contributed by atoms with Gasteiger partial charge in [0.2, 0.25) is 5.96 Å². The Labute approximate surface area is 205 Å². The molecule has 0 radical (unpaired) electrons. The van der Waals surface area contributed by atoms with E-state index in [0.29, 0.717) is 42.8 Å². The number of rotatable bonds is 7. The van der Waals surface area contributed by atoms with Crippen molar-refractivity contribution < 1.29 is 14.3 Å². The van der Waals surface area contributed by atoms with Gasteiger partial charge in [-0.3, -0.25) is 14.8 Å². The second-order valence-corrected chi connectivity index (χ2v) is 8.55. The summed E-state index contributed by atoms with van der Waals surface area (Å²) in [4.78, 5) is 19.8. The maximum Gasteiger partial charge on any atom is 0.258 e. The van der Waals surface area contributed by atoms with Crippen LogP contribution in [-0.2, 0) is 13.1 Å². The van der Waals surface area contributed by atoms with Crippen molar-refractivity contribution in [2.45, 2.75) is 33.4 Å². The Bertz CT molecular complexity index is 1220. The molecular weight excluding hydrogens is 444 g/mol. The zero-order chi connectivity index (χ0) is 24.8. The van der Waals surface area contributed by atoms with Gasteiger partial charge in [0, 0.05) is 55.4 Å². The lowest BCUT2D eigenvalue weighted by Crippen LogP contribution is -2.36. The first kappa shape index (κ1) is 24.1. The molecule has 0 spiro atoms. The van der Waals surface area contributed by atoms with Gasteiger partial charge < -0.3 is 19.7 Å². The Balaban J connectivity index is 1.58. The highest BCUT2D eigenvalue weighted by molar-refractivity contribution is 6.10. The standard InChI is InChI=1S/C26H32N6O3/c1-5-11-32-17-20(18(2)30-32)16-27-26(28-21-9-10-23-24(15-21)35-13-12-34-23)29-25(33)19-7-6-8-22(14-19)31(3)4/h6-10,14-15,17H,5,11-13,16H2,1-4H3,(H2,27,28,29,33). The van der Waals surface area contributed by atoms with Crippen LogP contribution in [0.3, 0.4) is 0 Å². The molecule has 0 saturated heterocycles. The fourth-order valence-electron chi connectivity index (χ4n) is 3.70. The molecule has 3 aromatic rings. The first-order valence-electron chi connectivity index (χ1n) is 11.8. The summed E-state index contributed by atoms with van der Waals surface area (Å²) in [7, 11) is 3.88. The van der Waals surface area contributed by atoms with Gasteiger partial charge in [0.1, 0.15) is 13.2 Å². The number of fused-ring (bicyclic) bond motifs is 1. The van der Waals surface area contributed by atoms with Crippen molar-refractivity contribution in [3.63, 3.8) is 0 Å². The summed E-state index contributed by atoms with van der Waals surface area (Å²) < 4.78 is 13.2. The molecule has 35 heavy (non-hydrogen) atoms. The number of anilines is 2. The molecule has 0 bridgehead atoms. The largest absolute Gasteiger partial charge is 0.486 e. The van der Waals surface area contributed by atoms with Crippen molar-refractivity contribution in [3.8, 4) is 11.5 Å². The highest BCUT2D eigenvalue weighted by atomic mass is 16.6. The Morgan fingerprint density at radius 1 is 1.14 bits per heavy atom. The summed E-state index contributed by atoms with van der Waals surface area (Å²) in [5.74, 6) is 1.44. The highest BCUT2D eigenvalue weighted by Crippen LogP contribution is 2.32. The molecule has 1 aliphatic rings. The van der Waals surface area contributed by atoms with Gasteiger partial charge in [0.15, 0.2) is 11.5 Å². The lowest BCUT2D eigenvalue weighted by Gasteiger charge is -2.19. The molecule has 184 valence electrons. The zero-order valence-corrected chi connectivity index (χ0v) is 20.7.